The maximum absolute atomic E-state index is 12.4. The van der Waals surface area contributed by atoms with Gasteiger partial charge in [0, 0.05) is 5.41 Å². The number of alkyl halides is 1. The van der Waals surface area contributed by atoms with Crippen molar-refractivity contribution in [3.8, 4) is 5.75 Å². The lowest BCUT2D eigenvalue weighted by molar-refractivity contribution is -0.151. The fourth-order valence-electron chi connectivity index (χ4n) is 3.25. The van der Waals surface area contributed by atoms with Crippen LogP contribution in [0.5, 0.6) is 5.75 Å². The van der Waals surface area contributed by atoms with E-state index in [4.69, 9.17) is 21.1 Å². The van der Waals surface area contributed by atoms with Crippen LogP contribution in [0.2, 0.25) is 0 Å². The summed E-state index contributed by atoms with van der Waals surface area (Å²) in [5.74, 6) is 0.264. The second-order valence-electron chi connectivity index (χ2n) is 6.19. The fourth-order valence-corrected chi connectivity index (χ4v) is 3.86. The molecule has 0 aromatic heterocycles. The molecular formula is C17H23ClO4. The Labute approximate surface area is 136 Å². The maximum Gasteiger partial charge on any atom is 0.330 e. The third-order valence-corrected chi connectivity index (χ3v) is 5.65. The molecule has 1 aliphatic carbocycles. The number of aliphatic hydroxyl groups is 1. The highest BCUT2D eigenvalue weighted by atomic mass is 35.5. The highest BCUT2D eigenvalue weighted by Crippen LogP contribution is 2.65. The van der Waals surface area contributed by atoms with E-state index < -0.39 is 22.4 Å². The first-order valence-corrected chi connectivity index (χ1v) is 7.80. The number of carbonyl (C=O) groups excluding carboxylic acids is 1. The lowest BCUT2D eigenvalue weighted by Crippen LogP contribution is -2.50. The van der Waals surface area contributed by atoms with Crippen LogP contribution >= 0.6 is 11.6 Å². The topological polar surface area (TPSA) is 55.8 Å². The van der Waals surface area contributed by atoms with Crippen molar-refractivity contribution in [2.24, 2.45) is 11.3 Å². The van der Waals surface area contributed by atoms with Gasteiger partial charge in [-0.1, -0.05) is 26.0 Å². The smallest absolute Gasteiger partial charge is 0.330 e. The highest BCUT2D eigenvalue weighted by Gasteiger charge is 2.68. The normalized spacial score (nSPS) is 20.1. The molecule has 1 aliphatic rings. The standard InChI is InChI=1S/C17H23ClO4/c1-11(2)16(9-10-16)17(18,15(20)22-4)14(19)12-5-7-13(21-3)8-6-12/h5-8,11,14,19H,9-10H2,1-4H3/t14-,17+/m0/s1. The minimum absolute atomic E-state index is 0.164. The molecular weight excluding hydrogens is 304 g/mol. The number of ether oxygens (including phenoxy) is 2. The summed E-state index contributed by atoms with van der Waals surface area (Å²) in [5, 5.41) is 10.9. The third-order valence-electron chi connectivity index (χ3n) is 4.91. The Bertz CT molecular complexity index is 536. The molecule has 5 heteroatoms. The lowest BCUT2D eigenvalue weighted by atomic mass is 9.74. The van der Waals surface area contributed by atoms with E-state index in [0.29, 0.717) is 11.3 Å². The number of methoxy groups -OCH3 is 2. The molecule has 0 aliphatic heterocycles. The van der Waals surface area contributed by atoms with Gasteiger partial charge in [-0.25, -0.2) is 0 Å². The van der Waals surface area contributed by atoms with E-state index in [1.807, 2.05) is 13.8 Å². The Balaban J connectivity index is 2.43. The molecule has 1 aromatic carbocycles. The van der Waals surface area contributed by atoms with Crippen molar-refractivity contribution in [3.63, 3.8) is 0 Å². The molecule has 1 N–H and O–H groups in total. The summed E-state index contributed by atoms with van der Waals surface area (Å²) in [6.07, 6.45) is 0.463. The number of benzene rings is 1. The molecule has 0 unspecified atom stereocenters. The molecule has 0 saturated heterocycles. The first-order chi connectivity index (χ1) is 10.3. The Morgan fingerprint density at radius 1 is 1.27 bits per heavy atom. The minimum atomic E-state index is -1.48. The van der Waals surface area contributed by atoms with Crippen LogP contribution in [-0.4, -0.2) is 30.2 Å². The quantitative estimate of drug-likeness (QED) is 0.643. The zero-order chi connectivity index (χ0) is 16.5. The van der Waals surface area contributed by atoms with Gasteiger partial charge in [-0.05, 0) is 36.5 Å². The van der Waals surface area contributed by atoms with Crippen LogP contribution in [0.4, 0.5) is 0 Å². The molecule has 122 valence electrons. The monoisotopic (exact) mass is 326 g/mol. The summed E-state index contributed by atoms with van der Waals surface area (Å²) in [7, 11) is 2.88. The summed E-state index contributed by atoms with van der Waals surface area (Å²) in [4.78, 5) is 10.9. The number of hydrogen-bond acceptors (Lipinski definition) is 4. The average Bonchev–Trinajstić information content (AvgIpc) is 3.34. The Hall–Kier alpha value is -1.26. The third kappa shape index (κ3) is 2.48. The molecule has 0 bridgehead atoms. The van der Waals surface area contributed by atoms with Crippen LogP contribution in [0, 0.1) is 11.3 Å². The molecule has 1 saturated carbocycles. The van der Waals surface area contributed by atoms with Gasteiger partial charge in [0.1, 0.15) is 11.9 Å². The van der Waals surface area contributed by atoms with Gasteiger partial charge in [-0.15, -0.1) is 11.6 Å². The van der Waals surface area contributed by atoms with E-state index in [1.54, 1.807) is 31.4 Å². The molecule has 0 heterocycles. The first-order valence-electron chi connectivity index (χ1n) is 7.43. The summed E-state index contributed by atoms with van der Waals surface area (Å²) in [5.41, 5.74) is 0.134. The van der Waals surface area contributed by atoms with E-state index >= 15 is 0 Å². The number of esters is 1. The SMILES string of the molecule is COC(=O)[C@](Cl)([C@@H](O)c1ccc(OC)cc1)C1(C(C)C)CC1. The van der Waals surface area contributed by atoms with Gasteiger partial charge < -0.3 is 14.6 Å². The lowest BCUT2D eigenvalue weighted by Gasteiger charge is -2.39. The van der Waals surface area contributed by atoms with Crippen LogP contribution in [0.25, 0.3) is 0 Å². The zero-order valence-electron chi connectivity index (χ0n) is 13.4. The predicted molar refractivity (Wildman–Crippen MR) is 85.1 cm³/mol. The predicted octanol–water partition coefficient (Wildman–Crippen LogP) is 3.32. The molecule has 0 radical (unpaired) electrons. The van der Waals surface area contributed by atoms with Crippen molar-refractivity contribution >= 4 is 17.6 Å². The molecule has 22 heavy (non-hydrogen) atoms. The van der Waals surface area contributed by atoms with Gasteiger partial charge in [-0.2, -0.15) is 0 Å². The molecule has 2 rings (SSSR count). The average molecular weight is 327 g/mol. The van der Waals surface area contributed by atoms with Crippen LogP contribution in [0.1, 0.15) is 38.4 Å². The van der Waals surface area contributed by atoms with Gasteiger partial charge in [0.2, 0.25) is 0 Å². The van der Waals surface area contributed by atoms with Gasteiger partial charge >= 0.3 is 5.97 Å². The van der Waals surface area contributed by atoms with Crippen molar-refractivity contribution in [1.29, 1.82) is 0 Å². The van der Waals surface area contributed by atoms with Crippen LogP contribution < -0.4 is 4.74 Å². The van der Waals surface area contributed by atoms with Gasteiger partial charge in [0.25, 0.3) is 0 Å². The fraction of sp³-hybridized carbons (Fsp3) is 0.588. The minimum Gasteiger partial charge on any atom is -0.497 e. The van der Waals surface area contributed by atoms with E-state index in [2.05, 4.69) is 0 Å². The van der Waals surface area contributed by atoms with Crippen molar-refractivity contribution in [2.75, 3.05) is 14.2 Å². The van der Waals surface area contributed by atoms with Gasteiger partial charge in [0.05, 0.1) is 14.2 Å². The number of hydrogen-bond donors (Lipinski definition) is 1. The first kappa shape index (κ1) is 17.1. The van der Waals surface area contributed by atoms with Gasteiger partial charge in [0.15, 0.2) is 4.87 Å². The molecule has 0 amide bonds. The number of rotatable bonds is 6. The van der Waals surface area contributed by atoms with Crippen LogP contribution in [0.15, 0.2) is 24.3 Å². The molecule has 2 atom stereocenters. The second-order valence-corrected chi connectivity index (χ2v) is 6.79. The Morgan fingerprint density at radius 3 is 2.18 bits per heavy atom. The van der Waals surface area contributed by atoms with Gasteiger partial charge in [-0.3, -0.25) is 4.79 Å². The number of halogens is 1. The molecule has 0 spiro atoms. The largest absolute Gasteiger partial charge is 0.497 e. The molecule has 1 fully saturated rings. The second kappa shape index (κ2) is 6.09. The Kier molecular flexibility index (Phi) is 4.73. The molecule has 1 aromatic rings. The van der Waals surface area contributed by atoms with Crippen molar-refractivity contribution in [2.45, 2.75) is 37.7 Å². The van der Waals surface area contributed by atoms with Crippen molar-refractivity contribution in [1.82, 2.24) is 0 Å². The van der Waals surface area contributed by atoms with E-state index in [0.717, 1.165) is 12.8 Å². The zero-order valence-corrected chi connectivity index (χ0v) is 14.2. The molecule has 4 nitrogen and oxygen atoms in total. The number of aliphatic hydroxyl groups excluding tert-OH is 1. The highest BCUT2D eigenvalue weighted by molar-refractivity contribution is 6.35. The summed E-state index contributed by atoms with van der Waals surface area (Å²) >= 11 is 6.74. The summed E-state index contributed by atoms with van der Waals surface area (Å²) in [6.45, 7) is 4.04. The summed E-state index contributed by atoms with van der Waals surface area (Å²) < 4.78 is 10.0. The van der Waals surface area contributed by atoms with Crippen molar-refractivity contribution < 1.29 is 19.4 Å². The Morgan fingerprint density at radius 2 is 1.82 bits per heavy atom. The van der Waals surface area contributed by atoms with Crippen LogP contribution in [0.3, 0.4) is 0 Å². The number of carbonyl (C=O) groups is 1. The maximum atomic E-state index is 12.4. The van der Waals surface area contributed by atoms with Crippen molar-refractivity contribution in [3.05, 3.63) is 29.8 Å². The summed E-state index contributed by atoms with van der Waals surface area (Å²) in [6, 6.07) is 6.92. The van der Waals surface area contributed by atoms with E-state index in [1.165, 1.54) is 7.11 Å². The van der Waals surface area contributed by atoms with Crippen LogP contribution in [-0.2, 0) is 9.53 Å². The van der Waals surface area contributed by atoms with E-state index in [-0.39, 0.29) is 5.92 Å². The van der Waals surface area contributed by atoms with E-state index in [9.17, 15) is 9.90 Å².